The maximum Gasteiger partial charge on any atom is 0.317 e. The highest BCUT2D eigenvalue weighted by molar-refractivity contribution is 5.74. The number of rotatable bonds is 5. The lowest BCUT2D eigenvalue weighted by molar-refractivity contribution is 0.187. The fourth-order valence-corrected chi connectivity index (χ4v) is 1.85. The summed E-state index contributed by atoms with van der Waals surface area (Å²) in [6, 6.07) is 0.00872. The molecule has 6 nitrogen and oxygen atoms in total. The topological polar surface area (TPSA) is 63.1 Å². The van der Waals surface area contributed by atoms with Gasteiger partial charge in [0, 0.05) is 20.1 Å². The standard InChI is InChI=1S/C12H23N5O/c1-6-7-9(2)17(5)12(18)14-10(3)11-15-13-8-16(11)4/h8-10H,6-7H2,1-5H3,(H,14,18)/t9-,10+/m1/s1. The number of amides is 2. The molecule has 0 aliphatic rings. The molecular weight excluding hydrogens is 230 g/mol. The number of urea groups is 1. The molecule has 2 atom stereocenters. The molecule has 102 valence electrons. The quantitative estimate of drug-likeness (QED) is 0.868. The summed E-state index contributed by atoms with van der Waals surface area (Å²) >= 11 is 0. The number of carbonyl (C=O) groups is 1. The summed E-state index contributed by atoms with van der Waals surface area (Å²) in [5.74, 6) is 0.750. The molecule has 0 bridgehead atoms. The Kier molecular flexibility index (Phi) is 5.12. The second-order valence-electron chi connectivity index (χ2n) is 4.72. The van der Waals surface area contributed by atoms with Gasteiger partial charge in [-0.05, 0) is 20.3 Å². The highest BCUT2D eigenvalue weighted by atomic mass is 16.2. The fourth-order valence-electron chi connectivity index (χ4n) is 1.85. The number of nitrogens with one attached hydrogen (secondary N) is 1. The molecule has 0 radical (unpaired) electrons. The Labute approximate surface area is 108 Å². The van der Waals surface area contributed by atoms with E-state index in [2.05, 4.69) is 29.4 Å². The maximum atomic E-state index is 12.0. The predicted molar refractivity (Wildman–Crippen MR) is 70.1 cm³/mol. The minimum absolute atomic E-state index is 0.0774. The molecule has 0 fully saturated rings. The molecular formula is C12H23N5O. The Morgan fingerprint density at radius 1 is 1.56 bits per heavy atom. The molecule has 0 saturated carbocycles. The van der Waals surface area contributed by atoms with Crippen LogP contribution in [0.2, 0.25) is 0 Å². The first kappa shape index (κ1) is 14.5. The van der Waals surface area contributed by atoms with Crippen LogP contribution in [0.4, 0.5) is 4.79 Å². The van der Waals surface area contributed by atoms with Gasteiger partial charge < -0.3 is 14.8 Å². The van der Waals surface area contributed by atoms with E-state index < -0.39 is 0 Å². The lowest BCUT2D eigenvalue weighted by Gasteiger charge is -2.26. The second-order valence-corrected chi connectivity index (χ2v) is 4.72. The summed E-state index contributed by atoms with van der Waals surface area (Å²) in [5, 5.41) is 10.7. The van der Waals surface area contributed by atoms with Crippen LogP contribution in [0.15, 0.2) is 6.33 Å². The number of hydrogen-bond donors (Lipinski definition) is 1. The van der Waals surface area contributed by atoms with E-state index >= 15 is 0 Å². The smallest absolute Gasteiger partial charge is 0.317 e. The predicted octanol–water partition coefficient (Wildman–Crippen LogP) is 1.71. The summed E-state index contributed by atoms with van der Waals surface area (Å²) < 4.78 is 1.81. The highest BCUT2D eigenvalue weighted by Crippen LogP contribution is 2.09. The molecule has 1 N–H and O–H groups in total. The van der Waals surface area contributed by atoms with E-state index in [9.17, 15) is 4.79 Å². The van der Waals surface area contributed by atoms with E-state index in [-0.39, 0.29) is 18.1 Å². The van der Waals surface area contributed by atoms with Crippen molar-refractivity contribution in [2.24, 2.45) is 7.05 Å². The minimum Gasteiger partial charge on any atom is -0.328 e. The normalized spacial score (nSPS) is 14.1. The van der Waals surface area contributed by atoms with Gasteiger partial charge in [-0.1, -0.05) is 13.3 Å². The first-order valence-electron chi connectivity index (χ1n) is 6.34. The number of carbonyl (C=O) groups excluding carboxylic acids is 1. The van der Waals surface area contributed by atoms with Gasteiger partial charge in [0.25, 0.3) is 0 Å². The van der Waals surface area contributed by atoms with Gasteiger partial charge >= 0.3 is 6.03 Å². The van der Waals surface area contributed by atoms with Crippen molar-refractivity contribution in [2.45, 2.75) is 45.7 Å². The Bertz CT molecular complexity index is 390. The first-order chi connectivity index (χ1) is 8.47. The van der Waals surface area contributed by atoms with E-state index in [1.165, 1.54) is 0 Å². The van der Waals surface area contributed by atoms with E-state index in [4.69, 9.17) is 0 Å². The monoisotopic (exact) mass is 253 g/mol. The molecule has 0 aliphatic heterocycles. The first-order valence-corrected chi connectivity index (χ1v) is 6.34. The van der Waals surface area contributed by atoms with Gasteiger partial charge in [-0.25, -0.2) is 4.79 Å². The van der Waals surface area contributed by atoms with Gasteiger partial charge in [0.2, 0.25) is 0 Å². The van der Waals surface area contributed by atoms with Gasteiger partial charge in [0.15, 0.2) is 5.82 Å². The molecule has 1 rings (SSSR count). The maximum absolute atomic E-state index is 12.0. The van der Waals surface area contributed by atoms with Crippen LogP contribution >= 0.6 is 0 Å². The minimum atomic E-state index is -0.152. The summed E-state index contributed by atoms with van der Waals surface area (Å²) in [4.78, 5) is 13.8. The van der Waals surface area contributed by atoms with Crippen molar-refractivity contribution < 1.29 is 4.79 Å². The van der Waals surface area contributed by atoms with Crippen molar-refractivity contribution in [1.29, 1.82) is 0 Å². The van der Waals surface area contributed by atoms with Crippen molar-refractivity contribution in [2.75, 3.05) is 7.05 Å². The number of nitrogens with zero attached hydrogens (tertiary/aromatic N) is 4. The molecule has 1 aromatic rings. The van der Waals surface area contributed by atoms with E-state index in [0.717, 1.165) is 18.7 Å². The van der Waals surface area contributed by atoms with Crippen LogP contribution in [0, 0.1) is 0 Å². The van der Waals surface area contributed by atoms with Crippen molar-refractivity contribution in [3.05, 3.63) is 12.2 Å². The fraction of sp³-hybridized carbons (Fsp3) is 0.750. The summed E-state index contributed by atoms with van der Waals surface area (Å²) in [7, 11) is 3.68. The van der Waals surface area contributed by atoms with Gasteiger partial charge in [0.05, 0.1) is 6.04 Å². The van der Waals surface area contributed by atoms with Gasteiger partial charge in [-0.2, -0.15) is 0 Å². The Morgan fingerprint density at radius 2 is 2.22 bits per heavy atom. The average Bonchev–Trinajstić information content (AvgIpc) is 2.74. The third kappa shape index (κ3) is 3.45. The summed E-state index contributed by atoms with van der Waals surface area (Å²) in [6.45, 7) is 6.07. The second kappa shape index (κ2) is 6.37. The molecule has 2 amide bonds. The van der Waals surface area contributed by atoms with Crippen LogP contribution in [-0.2, 0) is 7.05 Å². The van der Waals surface area contributed by atoms with E-state index in [0.29, 0.717) is 0 Å². The molecule has 1 heterocycles. The van der Waals surface area contributed by atoms with Gasteiger partial charge in [-0.15, -0.1) is 10.2 Å². The molecule has 6 heteroatoms. The Morgan fingerprint density at radius 3 is 2.72 bits per heavy atom. The van der Waals surface area contributed by atoms with Crippen molar-refractivity contribution >= 4 is 6.03 Å². The largest absolute Gasteiger partial charge is 0.328 e. The highest BCUT2D eigenvalue weighted by Gasteiger charge is 2.19. The van der Waals surface area contributed by atoms with Crippen LogP contribution in [0.1, 0.15) is 45.5 Å². The molecule has 0 spiro atoms. The molecule has 18 heavy (non-hydrogen) atoms. The molecule has 0 saturated heterocycles. The van der Waals surface area contributed by atoms with Gasteiger partial charge in [0.1, 0.15) is 6.33 Å². The third-order valence-corrected chi connectivity index (χ3v) is 3.16. The van der Waals surface area contributed by atoms with Crippen molar-refractivity contribution in [3.8, 4) is 0 Å². The summed E-state index contributed by atoms with van der Waals surface area (Å²) in [6.07, 6.45) is 3.70. The number of aryl methyl sites for hydroxylation is 1. The lowest BCUT2D eigenvalue weighted by Crippen LogP contribution is -2.43. The van der Waals surface area contributed by atoms with Gasteiger partial charge in [-0.3, -0.25) is 0 Å². The zero-order chi connectivity index (χ0) is 13.7. The van der Waals surface area contributed by atoms with E-state index in [1.54, 1.807) is 15.8 Å². The molecule has 0 aliphatic carbocycles. The van der Waals surface area contributed by atoms with Crippen LogP contribution in [0.5, 0.6) is 0 Å². The van der Waals surface area contributed by atoms with Crippen LogP contribution in [-0.4, -0.2) is 38.8 Å². The molecule has 1 aromatic heterocycles. The SMILES string of the molecule is CCC[C@@H](C)N(C)C(=O)N[C@@H](C)c1nncn1C. The zero-order valence-corrected chi connectivity index (χ0v) is 11.8. The molecule has 0 unspecified atom stereocenters. The number of aromatic nitrogens is 3. The Hall–Kier alpha value is -1.59. The Balaban J connectivity index is 2.57. The van der Waals surface area contributed by atoms with Crippen molar-refractivity contribution in [1.82, 2.24) is 25.0 Å². The van der Waals surface area contributed by atoms with E-state index in [1.807, 2.05) is 21.0 Å². The summed E-state index contributed by atoms with van der Waals surface area (Å²) in [5.41, 5.74) is 0. The average molecular weight is 253 g/mol. The zero-order valence-electron chi connectivity index (χ0n) is 11.8. The van der Waals surface area contributed by atoms with Crippen LogP contribution in [0.25, 0.3) is 0 Å². The lowest BCUT2D eigenvalue weighted by atomic mass is 10.2. The van der Waals surface area contributed by atoms with Crippen LogP contribution < -0.4 is 5.32 Å². The van der Waals surface area contributed by atoms with Crippen molar-refractivity contribution in [3.63, 3.8) is 0 Å². The van der Waals surface area contributed by atoms with Crippen LogP contribution in [0.3, 0.4) is 0 Å². The molecule has 0 aromatic carbocycles. The third-order valence-electron chi connectivity index (χ3n) is 3.16. The number of hydrogen-bond acceptors (Lipinski definition) is 3.